The van der Waals surface area contributed by atoms with Crippen molar-refractivity contribution < 1.29 is 0 Å². The molecule has 4 heterocycles. The largest absolute Gasteiger partial charge is 0.360 e. The van der Waals surface area contributed by atoms with Gasteiger partial charge in [0.25, 0.3) is 0 Å². The van der Waals surface area contributed by atoms with E-state index in [4.69, 9.17) is 16.6 Å². The number of rotatable bonds is 7. The van der Waals surface area contributed by atoms with Crippen LogP contribution in [0.2, 0.25) is 5.02 Å². The second-order valence-corrected chi connectivity index (χ2v) is 9.27. The number of nitrogens with one attached hydrogen (secondary N) is 2. The summed E-state index contributed by atoms with van der Waals surface area (Å²) in [5, 5.41) is 7.31. The first-order valence-electron chi connectivity index (χ1n) is 10.5. The van der Waals surface area contributed by atoms with Crippen molar-refractivity contribution in [3.05, 3.63) is 47.6 Å². The molecule has 0 spiro atoms. The smallest absolute Gasteiger partial charge is 0.162 e. The van der Waals surface area contributed by atoms with E-state index in [2.05, 4.69) is 49.2 Å². The molecule has 2 N–H and O–H groups in total. The Kier molecular flexibility index (Phi) is 5.93. The lowest BCUT2D eigenvalue weighted by molar-refractivity contribution is 0.362. The van der Waals surface area contributed by atoms with Gasteiger partial charge in [-0.05, 0) is 50.4 Å². The third-order valence-electron chi connectivity index (χ3n) is 5.65. The second kappa shape index (κ2) is 8.98. The van der Waals surface area contributed by atoms with Crippen molar-refractivity contribution in [2.24, 2.45) is 0 Å². The van der Waals surface area contributed by atoms with Crippen molar-refractivity contribution >= 4 is 51.1 Å². The van der Waals surface area contributed by atoms with Gasteiger partial charge in [0.2, 0.25) is 0 Å². The number of fused-ring (bicyclic) bond motifs is 2. The maximum atomic E-state index is 6.57. The highest BCUT2D eigenvalue weighted by molar-refractivity contribution is 7.99. The average Bonchev–Trinajstić information content (AvgIpc) is 3.46. The monoisotopic (exact) mass is 453 g/mol. The molecule has 0 unspecified atom stereocenters. The van der Waals surface area contributed by atoms with E-state index in [0.29, 0.717) is 11.5 Å². The van der Waals surface area contributed by atoms with Crippen molar-refractivity contribution in [3.8, 4) is 0 Å². The number of benzene rings is 1. The number of H-pyrrole nitrogens is 1. The molecule has 1 fully saturated rings. The van der Waals surface area contributed by atoms with Crippen LogP contribution >= 0.6 is 23.4 Å². The average molecular weight is 454 g/mol. The van der Waals surface area contributed by atoms with Crippen LogP contribution in [0.15, 0.2) is 41.9 Å². The predicted octanol–water partition coefficient (Wildman–Crippen LogP) is 4.92. The van der Waals surface area contributed by atoms with Gasteiger partial charge in [0, 0.05) is 17.7 Å². The number of imidazole rings is 1. The van der Waals surface area contributed by atoms with Gasteiger partial charge in [0.05, 0.1) is 23.1 Å². The molecule has 1 atom stereocenters. The molecule has 160 valence electrons. The van der Waals surface area contributed by atoms with Gasteiger partial charge in [-0.25, -0.2) is 19.9 Å². The van der Waals surface area contributed by atoms with Crippen molar-refractivity contribution in [2.75, 3.05) is 30.7 Å². The zero-order chi connectivity index (χ0) is 21.2. The number of pyridine rings is 1. The van der Waals surface area contributed by atoms with Crippen LogP contribution in [0.25, 0.3) is 21.9 Å². The number of halogens is 1. The molecule has 7 nitrogen and oxygen atoms in total. The fraction of sp³-hybridized carbons (Fsp3) is 0.364. The number of thioether (sulfide) groups is 1. The molecular weight excluding hydrogens is 430 g/mol. The van der Waals surface area contributed by atoms with E-state index < -0.39 is 0 Å². The topological polar surface area (TPSA) is 82.6 Å². The summed E-state index contributed by atoms with van der Waals surface area (Å²) in [5.74, 6) is 1.69. The highest BCUT2D eigenvalue weighted by atomic mass is 35.5. The van der Waals surface area contributed by atoms with Gasteiger partial charge in [-0.15, -0.1) is 11.8 Å². The Morgan fingerprint density at radius 1 is 1.23 bits per heavy atom. The maximum Gasteiger partial charge on any atom is 0.162 e. The maximum absolute atomic E-state index is 6.57. The lowest BCUT2D eigenvalue weighted by Gasteiger charge is -2.18. The van der Waals surface area contributed by atoms with Crippen LogP contribution in [0.3, 0.4) is 0 Å². The summed E-state index contributed by atoms with van der Waals surface area (Å²) in [6.45, 7) is 5.57. The third kappa shape index (κ3) is 4.33. The molecule has 0 bridgehead atoms. The van der Waals surface area contributed by atoms with Crippen molar-refractivity contribution in [2.45, 2.75) is 30.8 Å². The van der Waals surface area contributed by atoms with E-state index in [0.717, 1.165) is 44.3 Å². The lowest BCUT2D eigenvalue weighted by Crippen LogP contribution is -2.21. The first kappa shape index (κ1) is 20.5. The van der Waals surface area contributed by atoms with E-state index in [9.17, 15) is 0 Å². The highest BCUT2D eigenvalue weighted by Gasteiger charge is 2.17. The molecular formula is C22H24ClN7S. The van der Waals surface area contributed by atoms with Gasteiger partial charge in [-0.2, -0.15) is 0 Å². The molecule has 1 aromatic carbocycles. The normalized spacial score (nSPS) is 15.7. The molecule has 31 heavy (non-hydrogen) atoms. The first-order valence-corrected chi connectivity index (χ1v) is 11.9. The SMILES string of the molecule is C[C@H](Nc1ncnc2[nH]cnc12)c1cc2cccc(Cl)c2c(SCCN2CCCC2)n1. The Hall–Kier alpha value is -2.42. The van der Waals surface area contributed by atoms with Crippen LogP contribution in [0.1, 0.15) is 31.5 Å². The fourth-order valence-electron chi connectivity index (χ4n) is 4.00. The summed E-state index contributed by atoms with van der Waals surface area (Å²) in [4.78, 5) is 23.5. The molecule has 3 aromatic heterocycles. The lowest BCUT2D eigenvalue weighted by atomic mass is 10.1. The molecule has 5 rings (SSSR count). The first-order chi connectivity index (χ1) is 15.2. The van der Waals surface area contributed by atoms with E-state index in [1.165, 1.54) is 32.3 Å². The number of aromatic nitrogens is 5. The highest BCUT2D eigenvalue weighted by Crippen LogP contribution is 2.34. The van der Waals surface area contributed by atoms with Crippen LogP contribution in [0, 0.1) is 0 Å². The van der Waals surface area contributed by atoms with Crippen LogP contribution in [0.5, 0.6) is 0 Å². The van der Waals surface area contributed by atoms with Gasteiger partial charge in [-0.3, -0.25) is 0 Å². The van der Waals surface area contributed by atoms with Crippen molar-refractivity contribution in [1.82, 2.24) is 29.8 Å². The van der Waals surface area contributed by atoms with Crippen LogP contribution in [0.4, 0.5) is 5.82 Å². The van der Waals surface area contributed by atoms with E-state index in [1.54, 1.807) is 18.1 Å². The third-order valence-corrected chi connectivity index (χ3v) is 6.92. The summed E-state index contributed by atoms with van der Waals surface area (Å²) in [6.07, 6.45) is 5.77. The minimum atomic E-state index is -0.0592. The molecule has 1 aliphatic rings. The van der Waals surface area contributed by atoms with Gasteiger partial charge in [-0.1, -0.05) is 23.7 Å². The summed E-state index contributed by atoms with van der Waals surface area (Å²) in [7, 11) is 0. The second-order valence-electron chi connectivity index (χ2n) is 7.78. The van der Waals surface area contributed by atoms with Gasteiger partial charge >= 0.3 is 0 Å². The molecule has 9 heteroatoms. The Morgan fingerprint density at radius 2 is 2.10 bits per heavy atom. The molecule has 4 aromatic rings. The fourth-order valence-corrected chi connectivity index (χ4v) is 5.42. The molecule has 1 saturated heterocycles. The predicted molar refractivity (Wildman–Crippen MR) is 127 cm³/mol. The van der Waals surface area contributed by atoms with Gasteiger partial charge in [0.1, 0.15) is 16.9 Å². The zero-order valence-electron chi connectivity index (χ0n) is 17.3. The summed E-state index contributed by atoms with van der Waals surface area (Å²) >= 11 is 8.36. The molecule has 0 aliphatic carbocycles. The quantitative estimate of drug-likeness (QED) is 0.384. The summed E-state index contributed by atoms with van der Waals surface area (Å²) in [5.41, 5.74) is 2.38. The Morgan fingerprint density at radius 3 is 2.97 bits per heavy atom. The van der Waals surface area contributed by atoms with Crippen LogP contribution in [-0.4, -0.2) is 55.2 Å². The standard InChI is InChI=1S/C22H24ClN7S/c1-14(28-21-19-20(25-12-24-19)26-13-27-21)17-11-15-5-4-6-16(23)18(15)22(29-17)31-10-9-30-7-2-3-8-30/h4-6,11-14H,2-3,7-10H2,1H3,(H2,24,25,26,27,28)/t14-/m0/s1. The molecule has 1 aliphatic heterocycles. The zero-order valence-corrected chi connectivity index (χ0v) is 18.9. The number of likely N-dealkylation sites (tertiary alicyclic amines) is 1. The van der Waals surface area contributed by atoms with Gasteiger partial charge in [0.15, 0.2) is 11.5 Å². The van der Waals surface area contributed by atoms with E-state index >= 15 is 0 Å². The Balaban J connectivity index is 1.43. The van der Waals surface area contributed by atoms with Crippen molar-refractivity contribution in [1.29, 1.82) is 0 Å². The number of anilines is 1. The minimum absolute atomic E-state index is 0.0592. The Bertz CT molecular complexity index is 1210. The number of hydrogen-bond acceptors (Lipinski definition) is 7. The number of aromatic amines is 1. The van der Waals surface area contributed by atoms with E-state index in [-0.39, 0.29) is 6.04 Å². The Labute approximate surface area is 190 Å². The minimum Gasteiger partial charge on any atom is -0.360 e. The van der Waals surface area contributed by atoms with Crippen molar-refractivity contribution in [3.63, 3.8) is 0 Å². The number of hydrogen-bond donors (Lipinski definition) is 2. The molecule has 0 amide bonds. The molecule has 0 saturated carbocycles. The molecule has 0 radical (unpaired) electrons. The van der Waals surface area contributed by atoms with E-state index in [1.807, 2.05) is 12.1 Å². The summed E-state index contributed by atoms with van der Waals surface area (Å²) in [6, 6.07) is 8.07. The van der Waals surface area contributed by atoms with Crippen LogP contribution < -0.4 is 5.32 Å². The van der Waals surface area contributed by atoms with Gasteiger partial charge < -0.3 is 15.2 Å². The number of nitrogens with zero attached hydrogens (tertiary/aromatic N) is 5. The van der Waals surface area contributed by atoms with Crippen LogP contribution in [-0.2, 0) is 0 Å². The summed E-state index contributed by atoms with van der Waals surface area (Å²) < 4.78 is 0.